The molecule has 110 valence electrons. The number of rotatable bonds is 4. The molecule has 2 aromatic heterocycles. The van der Waals surface area contributed by atoms with E-state index in [1.807, 2.05) is 36.5 Å². The van der Waals surface area contributed by atoms with Crippen molar-refractivity contribution in [2.24, 2.45) is 0 Å². The number of aromatic nitrogens is 2. The van der Waals surface area contributed by atoms with E-state index in [0.29, 0.717) is 11.6 Å². The van der Waals surface area contributed by atoms with E-state index in [0.717, 1.165) is 22.2 Å². The lowest BCUT2D eigenvalue weighted by molar-refractivity contribution is -0.116. The third-order valence-corrected chi connectivity index (χ3v) is 3.68. The van der Waals surface area contributed by atoms with Gasteiger partial charge in [0.2, 0.25) is 5.91 Å². The van der Waals surface area contributed by atoms with E-state index in [1.54, 1.807) is 18.3 Å². The van der Waals surface area contributed by atoms with Gasteiger partial charge in [-0.2, -0.15) is 0 Å². The quantitative estimate of drug-likeness (QED) is 0.724. The Morgan fingerprint density at radius 2 is 2.14 bits per heavy atom. The van der Waals surface area contributed by atoms with Crippen molar-refractivity contribution in [3.05, 3.63) is 71.0 Å². The molecule has 4 nitrogen and oxygen atoms in total. The molecule has 0 aliphatic rings. The molecule has 0 saturated carbocycles. The van der Waals surface area contributed by atoms with E-state index in [2.05, 4.69) is 15.3 Å². The van der Waals surface area contributed by atoms with E-state index in [1.165, 1.54) is 6.08 Å². The highest BCUT2D eigenvalue weighted by Gasteiger charge is 2.03. The summed E-state index contributed by atoms with van der Waals surface area (Å²) in [4.78, 5) is 19.2. The van der Waals surface area contributed by atoms with Gasteiger partial charge in [-0.15, -0.1) is 0 Å². The Morgan fingerprint density at radius 1 is 1.27 bits per heavy atom. The summed E-state index contributed by atoms with van der Waals surface area (Å²) in [5.41, 5.74) is 2.62. The third kappa shape index (κ3) is 3.18. The molecule has 2 N–H and O–H groups in total. The van der Waals surface area contributed by atoms with Crippen LogP contribution in [0.3, 0.4) is 0 Å². The molecular weight excluding hydrogens is 298 g/mol. The first-order chi connectivity index (χ1) is 10.7. The lowest BCUT2D eigenvalue weighted by Gasteiger charge is -2.04. The van der Waals surface area contributed by atoms with Gasteiger partial charge in [0, 0.05) is 41.0 Å². The molecule has 0 atom stereocenters. The maximum Gasteiger partial charge on any atom is 0.244 e. The van der Waals surface area contributed by atoms with Crippen LogP contribution in [0.4, 0.5) is 0 Å². The zero-order valence-electron chi connectivity index (χ0n) is 11.7. The van der Waals surface area contributed by atoms with Gasteiger partial charge < -0.3 is 10.3 Å². The summed E-state index contributed by atoms with van der Waals surface area (Å²) in [5.74, 6) is -0.168. The minimum Gasteiger partial charge on any atom is -0.348 e. The predicted octanol–water partition coefficient (Wildman–Crippen LogP) is 3.55. The predicted molar refractivity (Wildman–Crippen MR) is 88.4 cm³/mol. The van der Waals surface area contributed by atoms with E-state index in [4.69, 9.17) is 11.6 Å². The normalized spacial score (nSPS) is 11.1. The molecule has 3 aromatic rings. The second-order valence-corrected chi connectivity index (χ2v) is 5.19. The molecule has 0 aliphatic heterocycles. The number of nitrogens with zero attached hydrogens (tertiary/aromatic N) is 1. The standard InChI is InChI=1S/C17H14ClN3O/c18-15-6-2-1-4-13(15)11-20-16(22)8-7-12-10-21-17-14(12)5-3-9-19-17/h1-10H,11H2,(H,19,21)(H,20,22)/b8-7+. The largest absolute Gasteiger partial charge is 0.348 e. The summed E-state index contributed by atoms with van der Waals surface area (Å²) in [6.07, 6.45) is 6.83. The number of carbonyl (C=O) groups excluding carboxylic acids is 1. The lowest BCUT2D eigenvalue weighted by Crippen LogP contribution is -2.20. The minimum absolute atomic E-state index is 0.168. The summed E-state index contributed by atoms with van der Waals surface area (Å²) >= 11 is 6.05. The number of aromatic amines is 1. The number of fused-ring (bicyclic) bond motifs is 1. The van der Waals surface area contributed by atoms with E-state index >= 15 is 0 Å². The van der Waals surface area contributed by atoms with Crippen molar-refractivity contribution in [1.29, 1.82) is 0 Å². The highest BCUT2D eigenvalue weighted by atomic mass is 35.5. The van der Waals surface area contributed by atoms with Crippen molar-refractivity contribution in [3.63, 3.8) is 0 Å². The molecule has 0 saturated heterocycles. The Hall–Kier alpha value is -2.59. The fourth-order valence-electron chi connectivity index (χ4n) is 2.16. The molecule has 0 spiro atoms. The Kier molecular flexibility index (Phi) is 4.21. The van der Waals surface area contributed by atoms with Crippen LogP contribution in [0.25, 0.3) is 17.1 Å². The first-order valence-corrected chi connectivity index (χ1v) is 7.23. The molecule has 3 rings (SSSR count). The van der Waals surface area contributed by atoms with Crippen molar-refractivity contribution in [1.82, 2.24) is 15.3 Å². The van der Waals surface area contributed by atoms with Crippen LogP contribution in [0, 0.1) is 0 Å². The van der Waals surface area contributed by atoms with E-state index in [-0.39, 0.29) is 5.91 Å². The molecule has 5 heteroatoms. The molecule has 22 heavy (non-hydrogen) atoms. The number of hydrogen-bond acceptors (Lipinski definition) is 2. The van der Waals surface area contributed by atoms with Crippen LogP contribution in [-0.4, -0.2) is 15.9 Å². The van der Waals surface area contributed by atoms with Crippen LogP contribution in [0.2, 0.25) is 5.02 Å². The molecule has 1 aromatic carbocycles. The highest BCUT2D eigenvalue weighted by molar-refractivity contribution is 6.31. The number of nitrogens with one attached hydrogen (secondary N) is 2. The number of hydrogen-bond donors (Lipinski definition) is 2. The fraction of sp³-hybridized carbons (Fsp3) is 0.0588. The summed E-state index contributed by atoms with van der Waals surface area (Å²) in [6, 6.07) is 11.3. The number of carbonyl (C=O) groups is 1. The number of H-pyrrole nitrogens is 1. The Labute approximate surface area is 132 Å². The second kappa shape index (κ2) is 6.45. The zero-order chi connectivity index (χ0) is 15.4. The lowest BCUT2D eigenvalue weighted by atomic mass is 10.2. The van der Waals surface area contributed by atoms with Crippen molar-refractivity contribution >= 4 is 34.6 Å². The number of halogens is 1. The summed E-state index contributed by atoms with van der Waals surface area (Å²) in [7, 11) is 0. The Balaban J connectivity index is 1.65. The van der Waals surface area contributed by atoms with E-state index in [9.17, 15) is 4.79 Å². The van der Waals surface area contributed by atoms with Crippen molar-refractivity contribution in [2.75, 3.05) is 0 Å². The molecule has 0 aliphatic carbocycles. The van der Waals surface area contributed by atoms with Crippen LogP contribution in [0.5, 0.6) is 0 Å². The van der Waals surface area contributed by atoms with Gasteiger partial charge in [0.15, 0.2) is 0 Å². The maximum atomic E-state index is 11.9. The first-order valence-electron chi connectivity index (χ1n) is 6.85. The molecular formula is C17H14ClN3O. The van der Waals surface area contributed by atoms with Gasteiger partial charge in [0.1, 0.15) is 5.65 Å². The number of amides is 1. The first kappa shape index (κ1) is 14.4. The topological polar surface area (TPSA) is 57.8 Å². The average molecular weight is 312 g/mol. The molecule has 0 bridgehead atoms. The third-order valence-electron chi connectivity index (χ3n) is 3.31. The van der Waals surface area contributed by atoms with Crippen molar-refractivity contribution in [2.45, 2.75) is 6.54 Å². The molecule has 0 fully saturated rings. The van der Waals surface area contributed by atoms with Gasteiger partial charge in [0.05, 0.1) is 0 Å². The second-order valence-electron chi connectivity index (χ2n) is 4.79. The summed E-state index contributed by atoms with van der Waals surface area (Å²) in [5, 5.41) is 4.45. The van der Waals surface area contributed by atoms with Crippen molar-refractivity contribution in [3.8, 4) is 0 Å². The molecule has 2 heterocycles. The minimum atomic E-state index is -0.168. The van der Waals surface area contributed by atoms with Crippen LogP contribution < -0.4 is 5.32 Å². The van der Waals surface area contributed by atoms with Gasteiger partial charge in [-0.3, -0.25) is 4.79 Å². The van der Waals surface area contributed by atoms with Crippen LogP contribution >= 0.6 is 11.6 Å². The monoisotopic (exact) mass is 311 g/mol. The highest BCUT2D eigenvalue weighted by Crippen LogP contribution is 2.17. The average Bonchev–Trinajstić information content (AvgIpc) is 2.95. The molecule has 0 radical (unpaired) electrons. The van der Waals surface area contributed by atoms with E-state index < -0.39 is 0 Å². The van der Waals surface area contributed by atoms with Gasteiger partial charge >= 0.3 is 0 Å². The maximum absolute atomic E-state index is 11.9. The van der Waals surface area contributed by atoms with Gasteiger partial charge in [-0.1, -0.05) is 29.8 Å². The molecule has 1 amide bonds. The van der Waals surface area contributed by atoms with Gasteiger partial charge in [-0.25, -0.2) is 4.98 Å². The zero-order valence-corrected chi connectivity index (χ0v) is 12.5. The smallest absolute Gasteiger partial charge is 0.244 e. The summed E-state index contributed by atoms with van der Waals surface area (Å²) in [6.45, 7) is 0.401. The van der Waals surface area contributed by atoms with Crippen molar-refractivity contribution < 1.29 is 4.79 Å². The summed E-state index contributed by atoms with van der Waals surface area (Å²) < 4.78 is 0. The Bertz CT molecular complexity index is 839. The Morgan fingerprint density at radius 3 is 3.00 bits per heavy atom. The number of benzene rings is 1. The SMILES string of the molecule is O=C(/C=C/c1c[nH]c2ncccc12)NCc1ccccc1Cl. The van der Waals surface area contributed by atoms with Gasteiger partial charge in [0.25, 0.3) is 0 Å². The van der Waals surface area contributed by atoms with Crippen LogP contribution in [-0.2, 0) is 11.3 Å². The molecule has 0 unspecified atom stereocenters. The fourth-order valence-corrected chi connectivity index (χ4v) is 2.37. The number of pyridine rings is 1. The van der Waals surface area contributed by atoms with Crippen LogP contribution in [0.1, 0.15) is 11.1 Å². The van der Waals surface area contributed by atoms with Gasteiger partial charge in [-0.05, 0) is 29.8 Å². The van der Waals surface area contributed by atoms with Crippen LogP contribution in [0.15, 0.2) is 54.9 Å².